The molecule has 1 aromatic heterocycles. The summed E-state index contributed by atoms with van der Waals surface area (Å²) < 4.78 is 13.5. The predicted octanol–water partition coefficient (Wildman–Crippen LogP) is 6.25. The molecule has 0 amide bonds. The Balaban J connectivity index is 1.41. The van der Waals surface area contributed by atoms with Crippen molar-refractivity contribution in [3.8, 4) is 22.9 Å². The van der Waals surface area contributed by atoms with Crippen LogP contribution in [0.4, 0.5) is 0 Å². The van der Waals surface area contributed by atoms with Gasteiger partial charge in [-0.1, -0.05) is 53.5 Å². The van der Waals surface area contributed by atoms with Crippen molar-refractivity contribution in [3.63, 3.8) is 0 Å². The fourth-order valence-corrected chi connectivity index (χ4v) is 3.64. The topological polar surface area (TPSA) is 64.1 Å². The maximum absolute atomic E-state index is 6.05. The second-order valence-electron chi connectivity index (χ2n) is 6.90. The van der Waals surface area contributed by atoms with Gasteiger partial charge in [0.25, 0.3) is 0 Å². The van der Waals surface area contributed by atoms with Crippen LogP contribution in [0.3, 0.4) is 0 Å². The van der Waals surface area contributed by atoms with Gasteiger partial charge >= 0.3 is 0 Å². The molecule has 0 saturated heterocycles. The Morgan fingerprint density at radius 3 is 2.50 bits per heavy atom. The maximum atomic E-state index is 6.05. The van der Waals surface area contributed by atoms with Crippen molar-refractivity contribution >= 4 is 35.4 Å². The van der Waals surface area contributed by atoms with E-state index in [4.69, 9.17) is 44.9 Å². The third-order valence-electron chi connectivity index (χ3n) is 4.77. The summed E-state index contributed by atoms with van der Waals surface area (Å²) in [6.45, 7) is 0.948. The van der Waals surface area contributed by atoms with Crippen LogP contribution in [0, 0.1) is 4.77 Å². The van der Waals surface area contributed by atoms with Crippen LogP contribution in [0.5, 0.6) is 11.5 Å². The molecule has 0 radical (unpaired) electrons. The van der Waals surface area contributed by atoms with Crippen molar-refractivity contribution in [3.05, 3.63) is 92.7 Å². The minimum absolute atomic E-state index is 0.404. The summed E-state index contributed by atoms with van der Waals surface area (Å²) in [6, 6.07) is 20.9. The molecule has 2 N–H and O–H groups in total. The number of para-hydroxylation sites is 1. The molecule has 0 bridgehead atoms. The van der Waals surface area contributed by atoms with E-state index in [0.29, 0.717) is 39.5 Å². The molecule has 4 rings (SSSR count). The van der Waals surface area contributed by atoms with Gasteiger partial charge in [0, 0.05) is 0 Å². The predicted molar refractivity (Wildman–Crippen MR) is 130 cm³/mol. The van der Waals surface area contributed by atoms with Gasteiger partial charge in [0.1, 0.15) is 18.1 Å². The highest BCUT2D eigenvalue weighted by molar-refractivity contribution is 7.71. The van der Waals surface area contributed by atoms with Gasteiger partial charge in [0.05, 0.1) is 29.3 Å². The first kappa shape index (κ1) is 22.2. The van der Waals surface area contributed by atoms with E-state index >= 15 is 0 Å². The second-order valence-corrected chi connectivity index (χ2v) is 8.11. The molecule has 164 valence electrons. The zero-order chi connectivity index (χ0) is 22.5. The molecule has 0 unspecified atom stereocenters. The number of H-pyrrole nitrogens is 1. The summed E-state index contributed by atoms with van der Waals surface area (Å²) >= 11 is 17.4. The lowest BCUT2D eigenvalue weighted by atomic mass is 10.2. The Kier molecular flexibility index (Phi) is 6.99. The molecule has 6 nitrogen and oxygen atoms in total. The summed E-state index contributed by atoms with van der Waals surface area (Å²) in [5.41, 5.74) is 6.15. The molecule has 0 aliphatic carbocycles. The molecule has 0 atom stereocenters. The summed E-state index contributed by atoms with van der Waals surface area (Å²) in [5.74, 6) is 2.12. The molecular weight excluding hydrogens is 467 g/mol. The van der Waals surface area contributed by atoms with Gasteiger partial charge in [-0.3, -0.25) is 0 Å². The third-order valence-corrected chi connectivity index (χ3v) is 5.79. The fourth-order valence-electron chi connectivity index (χ4n) is 3.12. The molecule has 0 saturated carbocycles. The van der Waals surface area contributed by atoms with Crippen LogP contribution in [0.1, 0.15) is 11.1 Å². The van der Waals surface area contributed by atoms with Crippen molar-refractivity contribution in [2.45, 2.75) is 13.2 Å². The summed E-state index contributed by atoms with van der Waals surface area (Å²) in [6.07, 6.45) is 0. The minimum atomic E-state index is 0.404. The van der Waals surface area contributed by atoms with Gasteiger partial charge < -0.3 is 14.9 Å². The molecular formula is C23H20Cl2N4O2S. The highest BCUT2D eigenvalue weighted by atomic mass is 35.5. The van der Waals surface area contributed by atoms with Crippen LogP contribution in [0.2, 0.25) is 10.0 Å². The van der Waals surface area contributed by atoms with Crippen molar-refractivity contribution < 1.29 is 9.47 Å². The fraction of sp³-hybridized carbons (Fsp3) is 0.130. The second kappa shape index (κ2) is 10.1. The smallest absolute Gasteiger partial charge is 0.214 e. The molecule has 0 aliphatic rings. The Labute approximate surface area is 200 Å². The van der Waals surface area contributed by atoms with Crippen LogP contribution in [-0.2, 0) is 13.2 Å². The molecule has 3 aromatic carbocycles. The zero-order valence-corrected chi connectivity index (χ0v) is 19.5. The van der Waals surface area contributed by atoms with E-state index < -0.39 is 0 Å². The lowest BCUT2D eigenvalue weighted by Crippen LogP contribution is -2.16. The SMILES string of the molecule is COc1ccccc1-c1n[nH]c(=S)n1NCc1ccc(OCc2ccc(Cl)c(Cl)c2)cc1. The molecule has 4 aromatic rings. The number of rotatable bonds is 8. The lowest BCUT2D eigenvalue weighted by Gasteiger charge is -2.13. The number of aromatic nitrogens is 3. The van der Waals surface area contributed by atoms with Crippen LogP contribution >= 0.6 is 35.4 Å². The third kappa shape index (κ3) is 5.07. The van der Waals surface area contributed by atoms with E-state index in [1.165, 1.54) is 0 Å². The maximum Gasteiger partial charge on any atom is 0.214 e. The Hall–Kier alpha value is -3.00. The van der Waals surface area contributed by atoms with Gasteiger partial charge in [-0.15, -0.1) is 0 Å². The van der Waals surface area contributed by atoms with E-state index in [-0.39, 0.29) is 0 Å². The number of ether oxygens (including phenoxy) is 2. The van der Waals surface area contributed by atoms with Crippen LogP contribution in [0.15, 0.2) is 66.7 Å². The average Bonchev–Trinajstić information content (AvgIpc) is 3.19. The van der Waals surface area contributed by atoms with Crippen LogP contribution in [0.25, 0.3) is 11.4 Å². The standard InChI is InChI=1S/C23H20Cl2N4O2S/c1-30-21-5-3-2-4-18(21)22-27-28-23(32)29(22)26-13-15-6-9-17(10-7-15)31-14-16-8-11-19(24)20(25)12-16/h2-12,26H,13-14H2,1H3,(H,28,32). The van der Waals surface area contributed by atoms with Crippen LogP contribution in [-0.4, -0.2) is 22.0 Å². The summed E-state index contributed by atoms with van der Waals surface area (Å²) in [4.78, 5) is 0. The quantitative estimate of drug-likeness (QED) is 0.288. The lowest BCUT2D eigenvalue weighted by molar-refractivity contribution is 0.306. The molecule has 32 heavy (non-hydrogen) atoms. The Morgan fingerprint density at radius 1 is 1.00 bits per heavy atom. The Bertz CT molecular complexity index is 1270. The van der Waals surface area contributed by atoms with E-state index in [0.717, 1.165) is 22.4 Å². The first-order valence-corrected chi connectivity index (χ1v) is 10.9. The van der Waals surface area contributed by atoms with E-state index in [1.54, 1.807) is 23.9 Å². The largest absolute Gasteiger partial charge is 0.496 e. The molecule has 0 aliphatic heterocycles. The first-order chi connectivity index (χ1) is 15.5. The van der Waals surface area contributed by atoms with Gasteiger partial charge in [-0.25, -0.2) is 9.77 Å². The number of hydrogen-bond donors (Lipinski definition) is 2. The average molecular weight is 487 g/mol. The number of nitrogens with one attached hydrogen (secondary N) is 2. The molecule has 0 spiro atoms. The van der Waals surface area contributed by atoms with Crippen molar-refractivity contribution in [2.24, 2.45) is 0 Å². The van der Waals surface area contributed by atoms with Gasteiger partial charge in [0.2, 0.25) is 4.77 Å². The number of methoxy groups -OCH3 is 1. The number of halogens is 2. The molecule has 1 heterocycles. The highest BCUT2D eigenvalue weighted by Crippen LogP contribution is 2.28. The Morgan fingerprint density at radius 2 is 1.75 bits per heavy atom. The minimum Gasteiger partial charge on any atom is -0.496 e. The highest BCUT2D eigenvalue weighted by Gasteiger charge is 2.13. The summed E-state index contributed by atoms with van der Waals surface area (Å²) in [7, 11) is 1.63. The van der Waals surface area contributed by atoms with Crippen molar-refractivity contribution in [1.82, 2.24) is 14.9 Å². The number of nitrogens with zero attached hydrogens (tertiary/aromatic N) is 2. The molecule has 9 heteroatoms. The normalized spacial score (nSPS) is 10.7. The summed E-state index contributed by atoms with van der Waals surface area (Å²) in [5, 5.41) is 8.22. The molecule has 0 fully saturated rings. The number of hydrogen-bond acceptors (Lipinski definition) is 5. The first-order valence-electron chi connectivity index (χ1n) is 9.75. The zero-order valence-electron chi connectivity index (χ0n) is 17.1. The van der Waals surface area contributed by atoms with Gasteiger partial charge in [-0.2, -0.15) is 5.10 Å². The van der Waals surface area contributed by atoms with E-state index in [9.17, 15) is 0 Å². The van der Waals surface area contributed by atoms with Crippen molar-refractivity contribution in [2.75, 3.05) is 12.5 Å². The monoisotopic (exact) mass is 486 g/mol. The number of benzene rings is 3. The van der Waals surface area contributed by atoms with Crippen LogP contribution < -0.4 is 14.9 Å². The van der Waals surface area contributed by atoms with E-state index in [2.05, 4.69) is 15.6 Å². The van der Waals surface area contributed by atoms with Gasteiger partial charge in [0.15, 0.2) is 5.82 Å². The van der Waals surface area contributed by atoms with Crippen molar-refractivity contribution in [1.29, 1.82) is 0 Å². The number of aromatic amines is 1. The van der Waals surface area contributed by atoms with E-state index in [1.807, 2.05) is 54.6 Å². The van der Waals surface area contributed by atoms with Gasteiger partial charge in [-0.05, 0) is 59.7 Å².